The van der Waals surface area contributed by atoms with Gasteiger partial charge in [0.1, 0.15) is 18.3 Å². The second-order valence-electron chi connectivity index (χ2n) is 2.79. The van der Waals surface area contributed by atoms with E-state index in [0.29, 0.717) is 0 Å². The third-order valence-corrected chi connectivity index (χ3v) is 1.97. The van der Waals surface area contributed by atoms with E-state index in [1.54, 1.807) is 0 Å². The van der Waals surface area contributed by atoms with E-state index in [2.05, 4.69) is 10.0 Å². The molecule has 1 aliphatic rings. The summed E-state index contributed by atoms with van der Waals surface area (Å²) >= 11 is 0. The summed E-state index contributed by atoms with van der Waals surface area (Å²) in [5.41, 5.74) is 8.01. The second-order valence-corrected chi connectivity index (χ2v) is 2.79. The van der Waals surface area contributed by atoms with Crippen molar-refractivity contribution in [3.63, 3.8) is 0 Å². The van der Waals surface area contributed by atoms with Gasteiger partial charge in [0.15, 0.2) is 0 Å². The molecule has 13 heavy (non-hydrogen) atoms. The summed E-state index contributed by atoms with van der Waals surface area (Å²) in [4.78, 5) is 2.50. The molecule has 74 valence electrons. The zero-order chi connectivity index (χ0) is 9.84. The Kier molecular flexibility index (Phi) is 3.47. The van der Waals surface area contributed by atoms with Crippen LogP contribution in [0.15, 0.2) is 5.11 Å². The Morgan fingerprint density at radius 1 is 1.31 bits per heavy atom. The lowest BCUT2D eigenvalue weighted by atomic mass is 10.1. The lowest BCUT2D eigenvalue weighted by Crippen LogP contribution is -2.34. The van der Waals surface area contributed by atoms with Gasteiger partial charge < -0.3 is 20.1 Å². The first kappa shape index (κ1) is 10.2. The van der Waals surface area contributed by atoms with E-state index in [1.165, 1.54) is 0 Å². The van der Waals surface area contributed by atoms with Crippen LogP contribution in [0, 0.1) is 0 Å². The molecule has 1 rings (SSSR count). The van der Waals surface area contributed by atoms with E-state index in [1.807, 2.05) is 0 Å². The largest absolute Gasteiger partial charge is 0.394 e. The summed E-state index contributed by atoms with van der Waals surface area (Å²) in [5, 5.41) is 30.5. The quantitative estimate of drug-likeness (QED) is 0.293. The van der Waals surface area contributed by atoms with Crippen molar-refractivity contribution >= 4 is 0 Å². The van der Waals surface area contributed by atoms with Crippen LogP contribution in [0.2, 0.25) is 0 Å². The zero-order valence-corrected chi connectivity index (χ0v) is 6.82. The molecule has 7 nitrogen and oxygen atoms in total. The summed E-state index contributed by atoms with van der Waals surface area (Å²) in [6.07, 6.45) is -3.76. The maximum Gasteiger partial charge on any atom is 0.111 e. The SMILES string of the molecule is [N-]=[N+]=NC[C@H]1O[C@@H](CO)[C@@H](O)[C@@H]1O. The molecule has 1 aliphatic heterocycles. The van der Waals surface area contributed by atoms with Gasteiger partial charge in [-0.1, -0.05) is 5.11 Å². The molecule has 0 aromatic rings. The van der Waals surface area contributed by atoms with E-state index in [9.17, 15) is 10.2 Å². The second kappa shape index (κ2) is 4.40. The van der Waals surface area contributed by atoms with Gasteiger partial charge in [0.2, 0.25) is 0 Å². The van der Waals surface area contributed by atoms with Gasteiger partial charge in [-0.15, -0.1) is 0 Å². The summed E-state index contributed by atoms with van der Waals surface area (Å²) in [6.45, 7) is -0.420. The maximum absolute atomic E-state index is 9.32. The Morgan fingerprint density at radius 3 is 2.38 bits per heavy atom. The van der Waals surface area contributed by atoms with Gasteiger partial charge in [0.25, 0.3) is 0 Å². The minimum Gasteiger partial charge on any atom is -0.394 e. The molecule has 1 heterocycles. The smallest absolute Gasteiger partial charge is 0.111 e. The molecule has 1 fully saturated rings. The lowest BCUT2D eigenvalue weighted by Gasteiger charge is -2.11. The number of aliphatic hydroxyl groups excluding tert-OH is 3. The van der Waals surface area contributed by atoms with Crippen molar-refractivity contribution in [3.05, 3.63) is 10.4 Å². The Hall–Kier alpha value is -0.850. The molecule has 0 unspecified atom stereocenters. The van der Waals surface area contributed by atoms with Crippen molar-refractivity contribution in [3.8, 4) is 0 Å². The number of hydrogen-bond acceptors (Lipinski definition) is 5. The number of aliphatic hydroxyl groups is 3. The van der Waals surface area contributed by atoms with Crippen LogP contribution in [-0.4, -0.2) is 52.9 Å². The summed E-state index contributed by atoms with van der Waals surface area (Å²) in [6, 6.07) is 0. The minimum atomic E-state index is -1.12. The Balaban J connectivity index is 2.54. The van der Waals surface area contributed by atoms with Gasteiger partial charge in [0, 0.05) is 4.91 Å². The number of ether oxygens (including phenoxy) is 1. The fourth-order valence-corrected chi connectivity index (χ4v) is 1.24. The Labute approximate surface area is 74.2 Å². The Bertz CT molecular complexity index is 218. The number of hydrogen-bond donors (Lipinski definition) is 3. The highest BCUT2D eigenvalue weighted by Gasteiger charge is 2.41. The summed E-state index contributed by atoms with van der Waals surface area (Å²) < 4.78 is 5.02. The van der Waals surface area contributed by atoms with Crippen molar-refractivity contribution in [2.45, 2.75) is 24.4 Å². The standard InChI is InChI=1S/C6H11N3O4/c7-9-8-1-3-5(11)6(12)4(2-10)13-3/h3-6,10-12H,1-2H2/t3-,4+,5-,6-/m1/s1. The topological polar surface area (TPSA) is 119 Å². The fraction of sp³-hybridized carbons (Fsp3) is 1.00. The minimum absolute atomic E-state index is 0.0504. The summed E-state index contributed by atoms with van der Waals surface area (Å²) in [5.74, 6) is 0. The highest BCUT2D eigenvalue weighted by molar-refractivity contribution is 4.91. The van der Waals surface area contributed by atoms with E-state index >= 15 is 0 Å². The Morgan fingerprint density at radius 2 is 1.92 bits per heavy atom. The molecule has 0 aromatic carbocycles. The summed E-state index contributed by atoms with van der Waals surface area (Å²) in [7, 11) is 0. The first-order valence-corrected chi connectivity index (χ1v) is 3.84. The van der Waals surface area contributed by atoms with Gasteiger partial charge in [-0.25, -0.2) is 0 Å². The molecule has 0 aromatic heterocycles. The van der Waals surface area contributed by atoms with Gasteiger partial charge in [0.05, 0.1) is 19.3 Å². The van der Waals surface area contributed by atoms with Gasteiger partial charge in [-0.3, -0.25) is 0 Å². The van der Waals surface area contributed by atoms with E-state index in [0.717, 1.165) is 0 Å². The van der Waals surface area contributed by atoms with Gasteiger partial charge in [-0.05, 0) is 5.53 Å². The van der Waals surface area contributed by atoms with Crippen molar-refractivity contribution in [2.24, 2.45) is 5.11 Å². The first-order chi connectivity index (χ1) is 6.20. The molecule has 0 saturated carbocycles. The van der Waals surface area contributed by atoms with Crippen LogP contribution in [-0.2, 0) is 4.74 Å². The first-order valence-electron chi connectivity index (χ1n) is 3.84. The molecule has 3 N–H and O–H groups in total. The molecule has 1 saturated heterocycles. The monoisotopic (exact) mass is 189 g/mol. The van der Waals surface area contributed by atoms with Crippen LogP contribution >= 0.6 is 0 Å². The highest BCUT2D eigenvalue weighted by Crippen LogP contribution is 2.21. The van der Waals surface area contributed by atoms with E-state index < -0.39 is 24.4 Å². The average molecular weight is 189 g/mol. The molecular formula is C6H11N3O4. The zero-order valence-electron chi connectivity index (χ0n) is 6.82. The normalized spacial score (nSPS) is 38.7. The molecule has 0 bridgehead atoms. The number of nitrogens with zero attached hydrogens (tertiary/aromatic N) is 3. The molecule has 0 radical (unpaired) electrons. The van der Waals surface area contributed by atoms with Crippen LogP contribution in [0.4, 0.5) is 0 Å². The molecule has 4 atom stereocenters. The van der Waals surface area contributed by atoms with Crippen molar-refractivity contribution < 1.29 is 20.1 Å². The van der Waals surface area contributed by atoms with Crippen LogP contribution in [0.1, 0.15) is 0 Å². The average Bonchev–Trinajstić information content (AvgIpc) is 2.41. The van der Waals surface area contributed by atoms with E-state index in [4.69, 9.17) is 15.4 Å². The molecule has 0 amide bonds. The van der Waals surface area contributed by atoms with Crippen LogP contribution in [0.5, 0.6) is 0 Å². The molecule has 0 aliphatic carbocycles. The molecule has 7 heteroatoms. The van der Waals surface area contributed by atoms with Crippen molar-refractivity contribution in [2.75, 3.05) is 13.2 Å². The van der Waals surface area contributed by atoms with Crippen molar-refractivity contribution in [1.82, 2.24) is 0 Å². The van der Waals surface area contributed by atoms with E-state index in [-0.39, 0.29) is 13.2 Å². The molecule has 0 spiro atoms. The van der Waals surface area contributed by atoms with Crippen molar-refractivity contribution in [1.29, 1.82) is 0 Å². The predicted molar refractivity (Wildman–Crippen MR) is 41.8 cm³/mol. The lowest BCUT2D eigenvalue weighted by molar-refractivity contribution is -0.0192. The van der Waals surface area contributed by atoms with Crippen LogP contribution < -0.4 is 0 Å². The third kappa shape index (κ3) is 2.09. The van der Waals surface area contributed by atoms with Gasteiger partial charge >= 0.3 is 0 Å². The third-order valence-electron chi connectivity index (χ3n) is 1.97. The number of azide groups is 1. The van der Waals surface area contributed by atoms with Gasteiger partial charge in [-0.2, -0.15) is 0 Å². The van der Waals surface area contributed by atoms with Crippen LogP contribution in [0.25, 0.3) is 10.4 Å². The highest BCUT2D eigenvalue weighted by atomic mass is 16.6. The maximum atomic E-state index is 9.32. The molecular weight excluding hydrogens is 178 g/mol. The number of rotatable bonds is 3. The fourth-order valence-electron chi connectivity index (χ4n) is 1.24. The predicted octanol–water partition coefficient (Wildman–Crippen LogP) is -1.22. The van der Waals surface area contributed by atoms with Crippen LogP contribution in [0.3, 0.4) is 0 Å².